The van der Waals surface area contributed by atoms with E-state index >= 15 is 0 Å². The van der Waals surface area contributed by atoms with Crippen LogP contribution >= 0.6 is 15.9 Å². The lowest BCUT2D eigenvalue weighted by Crippen LogP contribution is -2.29. The number of benzene rings is 1. The SMILES string of the molecule is Fc1cc(F)cc(CN2CCCC2CCCBr)c1. The fraction of sp³-hybridized carbons (Fsp3) is 0.571. The molecule has 0 aromatic heterocycles. The zero-order valence-corrected chi connectivity index (χ0v) is 11.9. The highest BCUT2D eigenvalue weighted by molar-refractivity contribution is 9.09. The van der Waals surface area contributed by atoms with Crippen LogP contribution in [-0.4, -0.2) is 22.8 Å². The van der Waals surface area contributed by atoms with E-state index < -0.39 is 11.6 Å². The maximum Gasteiger partial charge on any atom is 0.126 e. The lowest BCUT2D eigenvalue weighted by Gasteiger charge is -2.24. The van der Waals surface area contributed by atoms with Crippen LogP contribution in [0.5, 0.6) is 0 Å². The first-order valence-electron chi connectivity index (χ1n) is 6.44. The first-order chi connectivity index (χ1) is 8.69. The maximum absolute atomic E-state index is 13.1. The summed E-state index contributed by atoms with van der Waals surface area (Å²) >= 11 is 3.44. The highest BCUT2D eigenvalue weighted by atomic mass is 79.9. The molecular formula is C14H18BrF2N. The largest absolute Gasteiger partial charge is 0.296 e. The summed E-state index contributed by atoms with van der Waals surface area (Å²) in [5.74, 6) is -0.970. The zero-order valence-electron chi connectivity index (χ0n) is 10.3. The molecule has 1 aromatic rings. The van der Waals surface area contributed by atoms with Gasteiger partial charge in [-0.15, -0.1) is 0 Å². The standard InChI is InChI=1S/C14H18BrF2N/c15-5-1-3-14-4-2-6-18(14)10-11-7-12(16)9-13(17)8-11/h7-9,14H,1-6,10H2. The average Bonchev–Trinajstić information content (AvgIpc) is 2.72. The minimum atomic E-state index is -0.485. The van der Waals surface area contributed by atoms with Gasteiger partial charge in [-0.3, -0.25) is 4.90 Å². The second kappa shape index (κ2) is 6.62. The lowest BCUT2D eigenvalue weighted by atomic mass is 10.1. The van der Waals surface area contributed by atoms with Gasteiger partial charge in [0.25, 0.3) is 0 Å². The number of hydrogen-bond donors (Lipinski definition) is 0. The van der Waals surface area contributed by atoms with Gasteiger partial charge in [0, 0.05) is 24.0 Å². The van der Waals surface area contributed by atoms with Crippen LogP contribution in [0.25, 0.3) is 0 Å². The van der Waals surface area contributed by atoms with Crippen molar-refractivity contribution in [3.8, 4) is 0 Å². The Labute approximate surface area is 115 Å². The third-order valence-electron chi connectivity index (χ3n) is 3.48. The monoisotopic (exact) mass is 317 g/mol. The molecule has 1 aromatic carbocycles. The van der Waals surface area contributed by atoms with Crippen molar-refractivity contribution in [1.29, 1.82) is 0 Å². The van der Waals surface area contributed by atoms with Gasteiger partial charge >= 0.3 is 0 Å². The minimum absolute atomic E-state index is 0.485. The predicted molar refractivity (Wildman–Crippen MR) is 72.8 cm³/mol. The Kier molecular flexibility index (Phi) is 5.13. The van der Waals surface area contributed by atoms with Crippen LogP contribution in [0.1, 0.15) is 31.2 Å². The summed E-state index contributed by atoms with van der Waals surface area (Å²) in [6, 6.07) is 4.36. The molecule has 1 heterocycles. The number of likely N-dealkylation sites (tertiary alicyclic amines) is 1. The van der Waals surface area contributed by atoms with Gasteiger partial charge in [-0.2, -0.15) is 0 Å². The summed E-state index contributed by atoms with van der Waals surface area (Å²) < 4.78 is 26.3. The first kappa shape index (κ1) is 13.9. The van der Waals surface area contributed by atoms with E-state index in [1.54, 1.807) is 0 Å². The van der Waals surface area contributed by atoms with E-state index in [0.717, 1.165) is 36.3 Å². The van der Waals surface area contributed by atoms with Crippen molar-refractivity contribution < 1.29 is 8.78 Å². The maximum atomic E-state index is 13.1. The molecule has 1 fully saturated rings. The molecule has 18 heavy (non-hydrogen) atoms. The molecule has 1 saturated heterocycles. The van der Waals surface area contributed by atoms with Gasteiger partial charge in [-0.1, -0.05) is 15.9 Å². The van der Waals surface area contributed by atoms with E-state index in [0.29, 0.717) is 12.6 Å². The van der Waals surface area contributed by atoms with Crippen molar-refractivity contribution in [2.24, 2.45) is 0 Å². The quantitative estimate of drug-likeness (QED) is 0.739. The lowest BCUT2D eigenvalue weighted by molar-refractivity contribution is 0.233. The highest BCUT2D eigenvalue weighted by Crippen LogP contribution is 2.24. The van der Waals surface area contributed by atoms with Gasteiger partial charge in [-0.05, 0) is 49.9 Å². The van der Waals surface area contributed by atoms with Crippen molar-refractivity contribution in [2.75, 3.05) is 11.9 Å². The van der Waals surface area contributed by atoms with E-state index in [-0.39, 0.29) is 0 Å². The van der Waals surface area contributed by atoms with E-state index in [9.17, 15) is 8.78 Å². The summed E-state index contributed by atoms with van der Waals surface area (Å²) in [6.45, 7) is 1.69. The Hall–Kier alpha value is -0.480. The Morgan fingerprint density at radius 1 is 1.22 bits per heavy atom. The van der Waals surface area contributed by atoms with Gasteiger partial charge in [0.05, 0.1) is 0 Å². The van der Waals surface area contributed by atoms with Crippen molar-refractivity contribution in [3.05, 3.63) is 35.4 Å². The van der Waals surface area contributed by atoms with Crippen LogP contribution in [0.2, 0.25) is 0 Å². The second-order valence-corrected chi connectivity index (χ2v) is 5.67. The van der Waals surface area contributed by atoms with Crippen molar-refractivity contribution in [3.63, 3.8) is 0 Å². The molecule has 1 aliphatic rings. The fourth-order valence-electron chi connectivity index (χ4n) is 2.68. The van der Waals surface area contributed by atoms with E-state index in [2.05, 4.69) is 20.8 Å². The Morgan fingerprint density at radius 2 is 1.94 bits per heavy atom. The molecule has 2 rings (SSSR count). The van der Waals surface area contributed by atoms with Crippen molar-refractivity contribution >= 4 is 15.9 Å². The average molecular weight is 318 g/mol. The summed E-state index contributed by atoms with van der Waals surface area (Å²) in [5, 5.41) is 1.02. The molecule has 100 valence electrons. The van der Waals surface area contributed by atoms with Crippen LogP contribution in [0.3, 0.4) is 0 Å². The molecule has 1 unspecified atom stereocenters. The predicted octanol–water partition coefficient (Wildman–Crippen LogP) is 4.10. The molecular weight excluding hydrogens is 300 g/mol. The normalized spacial score (nSPS) is 20.5. The summed E-state index contributed by atoms with van der Waals surface area (Å²) in [7, 11) is 0. The molecule has 0 amide bonds. The summed E-state index contributed by atoms with van der Waals surface area (Å²) in [4.78, 5) is 2.34. The van der Waals surface area contributed by atoms with Crippen molar-refractivity contribution in [2.45, 2.75) is 38.3 Å². The Balaban J connectivity index is 1.98. The van der Waals surface area contributed by atoms with Crippen LogP contribution in [0, 0.1) is 11.6 Å². The third kappa shape index (κ3) is 3.75. The molecule has 1 nitrogen and oxygen atoms in total. The zero-order chi connectivity index (χ0) is 13.0. The molecule has 4 heteroatoms. The minimum Gasteiger partial charge on any atom is -0.296 e. The molecule has 0 spiro atoms. The summed E-state index contributed by atoms with van der Waals surface area (Å²) in [5.41, 5.74) is 0.734. The Bertz CT molecular complexity index is 377. The summed E-state index contributed by atoms with van der Waals surface area (Å²) in [6.07, 6.45) is 4.69. The van der Waals surface area contributed by atoms with Crippen LogP contribution in [0.15, 0.2) is 18.2 Å². The molecule has 0 radical (unpaired) electrons. The third-order valence-corrected chi connectivity index (χ3v) is 4.04. The number of rotatable bonds is 5. The first-order valence-corrected chi connectivity index (χ1v) is 7.56. The van der Waals surface area contributed by atoms with E-state index in [1.165, 1.54) is 25.0 Å². The van der Waals surface area contributed by atoms with Gasteiger partial charge in [0.1, 0.15) is 11.6 Å². The van der Waals surface area contributed by atoms with Crippen LogP contribution in [0.4, 0.5) is 8.78 Å². The van der Waals surface area contributed by atoms with Gasteiger partial charge in [0.15, 0.2) is 0 Å². The van der Waals surface area contributed by atoms with Gasteiger partial charge < -0.3 is 0 Å². The second-order valence-electron chi connectivity index (χ2n) is 4.88. The van der Waals surface area contributed by atoms with Gasteiger partial charge in [-0.25, -0.2) is 8.78 Å². The van der Waals surface area contributed by atoms with Crippen molar-refractivity contribution in [1.82, 2.24) is 4.90 Å². The number of nitrogens with zero attached hydrogens (tertiary/aromatic N) is 1. The molecule has 1 aliphatic heterocycles. The molecule has 0 bridgehead atoms. The topological polar surface area (TPSA) is 3.24 Å². The number of halogens is 3. The molecule has 1 atom stereocenters. The van der Waals surface area contributed by atoms with E-state index in [1.807, 2.05) is 0 Å². The van der Waals surface area contributed by atoms with E-state index in [4.69, 9.17) is 0 Å². The van der Waals surface area contributed by atoms with Crippen LogP contribution in [-0.2, 0) is 6.54 Å². The Morgan fingerprint density at radius 3 is 2.61 bits per heavy atom. The fourth-order valence-corrected chi connectivity index (χ4v) is 3.00. The molecule has 0 N–H and O–H groups in total. The molecule has 0 aliphatic carbocycles. The number of hydrogen-bond acceptors (Lipinski definition) is 1. The van der Waals surface area contributed by atoms with Gasteiger partial charge in [0.2, 0.25) is 0 Å². The smallest absolute Gasteiger partial charge is 0.126 e. The number of alkyl halides is 1. The highest BCUT2D eigenvalue weighted by Gasteiger charge is 2.23. The van der Waals surface area contributed by atoms with Crippen LogP contribution < -0.4 is 0 Å². The molecule has 0 saturated carbocycles.